The molecule has 0 amide bonds. The molecule has 0 bridgehead atoms. The minimum Gasteiger partial charge on any atom is -0.392 e. The predicted octanol–water partition coefficient (Wildman–Crippen LogP) is 3.33. The van der Waals surface area contributed by atoms with Gasteiger partial charge in [-0.2, -0.15) is 0 Å². The summed E-state index contributed by atoms with van der Waals surface area (Å²) in [4.78, 5) is 1.14. The number of aliphatic hydroxyl groups is 1. The van der Waals surface area contributed by atoms with Crippen molar-refractivity contribution in [2.75, 3.05) is 0 Å². The molecule has 16 heavy (non-hydrogen) atoms. The van der Waals surface area contributed by atoms with Gasteiger partial charge in [0.1, 0.15) is 0 Å². The van der Waals surface area contributed by atoms with Gasteiger partial charge in [-0.05, 0) is 31.5 Å². The molecule has 0 spiro atoms. The first-order valence-corrected chi connectivity index (χ1v) is 6.99. The zero-order valence-corrected chi connectivity index (χ0v) is 12.2. The molecule has 0 heterocycles. The molecule has 4 heteroatoms. The lowest BCUT2D eigenvalue weighted by atomic mass is 10.1. The summed E-state index contributed by atoms with van der Waals surface area (Å²) in [6.45, 7) is 5.79. The van der Waals surface area contributed by atoms with E-state index in [1.165, 1.54) is 0 Å². The minimum atomic E-state index is -0.308. The van der Waals surface area contributed by atoms with Crippen LogP contribution in [-0.4, -0.2) is 16.5 Å². The largest absolute Gasteiger partial charge is 0.392 e. The van der Waals surface area contributed by atoms with E-state index in [2.05, 4.69) is 22.0 Å². The van der Waals surface area contributed by atoms with Crippen molar-refractivity contribution in [1.82, 2.24) is 0 Å². The molecule has 3 atom stereocenters. The van der Waals surface area contributed by atoms with Crippen LogP contribution in [0.1, 0.15) is 32.4 Å². The van der Waals surface area contributed by atoms with Crippen molar-refractivity contribution in [1.29, 1.82) is 0 Å². The van der Waals surface area contributed by atoms with E-state index in [1.54, 1.807) is 11.8 Å². The molecule has 0 aliphatic heterocycles. The average Bonchev–Trinajstić information content (AvgIpc) is 2.16. The number of benzene rings is 1. The SMILES string of the molecule is CC(N)c1ccc(SC(C)C(C)O)cc1Br. The summed E-state index contributed by atoms with van der Waals surface area (Å²) >= 11 is 5.18. The number of halogens is 1. The Bertz CT molecular complexity index is 355. The van der Waals surface area contributed by atoms with Crippen LogP contribution in [0.2, 0.25) is 0 Å². The van der Waals surface area contributed by atoms with E-state index in [0.29, 0.717) is 0 Å². The number of rotatable bonds is 4. The summed E-state index contributed by atoms with van der Waals surface area (Å²) in [7, 11) is 0. The monoisotopic (exact) mass is 303 g/mol. The molecule has 0 aliphatic carbocycles. The van der Waals surface area contributed by atoms with E-state index in [9.17, 15) is 5.11 Å². The van der Waals surface area contributed by atoms with Gasteiger partial charge in [-0.15, -0.1) is 11.8 Å². The Labute approximate surface area is 110 Å². The zero-order valence-electron chi connectivity index (χ0n) is 9.77. The van der Waals surface area contributed by atoms with Crippen molar-refractivity contribution >= 4 is 27.7 Å². The number of aliphatic hydroxyl groups excluding tert-OH is 1. The maximum Gasteiger partial charge on any atom is 0.0631 e. The highest BCUT2D eigenvalue weighted by atomic mass is 79.9. The van der Waals surface area contributed by atoms with Crippen molar-refractivity contribution in [3.05, 3.63) is 28.2 Å². The second-order valence-corrected chi connectivity index (χ2v) is 6.34. The number of hydrogen-bond acceptors (Lipinski definition) is 3. The lowest BCUT2D eigenvalue weighted by Gasteiger charge is -2.15. The molecule has 1 aromatic carbocycles. The fraction of sp³-hybridized carbons (Fsp3) is 0.500. The van der Waals surface area contributed by atoms with Gasteiger partial charge in [0.25, 0.3) is 0 Å². The molecule has 0 saturated carbocycles. The predicted molar refractivity (Wildman–Crippen MR) is 73.7 cm³/mol. The Morgan fingerprint density at radius 2 is 1.94 bits per heavy atom. The summed E-state index contributed by atoms with van der Waals surface area (Å²) in [6, 6.07) is 6.17. The third-order valence-electron chi connectivity index (χ3n) is 2.46. The van der Waals surface area contributed by atoms with Gasteiger partial charge in [0.05, 0.1) is 6.10 Å². The molecule has 0 aromatic heterocycles. The van der Waals surface area contributed by atoms with E-state index in [0.717, 1.165) is 14.9 Å². The first-order chi connectivity index (χ1) is 7.41. The van der Waals surface area contributed by atoms with Crippen LogP contribution in [0.15, 0.2) is 27.6 Å². The Hall–Kier alpha value is -0.0300. The molecule has 0 fully saturated rings. The molecule has 90 valence electrons. The standard InChI is InChI=1S/C12H18BrNOS/c1-7(14)11-5-4-10(6-12(11)13)16-9(3)8(2)15/h4-9,15H,14H2,1-3H3. The van der Waals surface area contributed by atoms with Gasteiger partial charge in [-0.25, -0.2) is 0 Å². The fourth-order valence-corrected chi connectivity index (χ4v) is 3.11. The number of hydrogen-bond donors (Lipinski definition) is 2. The van der Waals surface area contributed by atoms with Gasteiger partial charge >= 0.3 is 0 Å². The summed E-state index contributed by atoms with van der Waals surface area (Å²) in [5, 5.41) is 9.63. The number of nitrogens with two attached hydrogens (primary N) is 1. The van der Waals surface area contributed by atoms with Crippen molar-refractivity contribution in [2.24, 2.45) is 5.73 Å². The Balaban J connectivity index is 2.81. The molecule has 3 unspecified atom stereocenters. The average molecular weight is 304 g/mol. The van der Waals surface area contributed by atoms with Gasteiger partial charge in [0.2, 0.25) is 0 Å². The molecule has 0 aliphatic rings. The van der Waals surface area contributed by atoms with Crippen molar-refractivity contribution in [3.8, 4) is 0 Å². The van der Waals surface area contributed by atoms with Crippen LogP contribution in [0.5, 0.6) is 0 Å². The highest BCUT2D eigenvalue weighted by Gasteiger charge is 2.12. The Morgan fingerprint density at radius 3 is 2.38 bits per heavy atom. The molecule has 0 saturated heterocycles. The van der Waals surface area contributed by atoms with Crippen molar-refractivity contribution in [2.45, 2.75) is 43.1 Å². The Kier molecular flexibility index (Phi) is 5.31. The maximum atomic E-state index is 9.44. The van der Waals surface area contributed by atoms with E-state index < -0.39 is 0 Å². The molecular formula is C12H18BrNOS. The first kappa shape index (κ1) is 14.0. The molecule has 1 aromatic rings. The molecule has 1 rings (SSSR count). The summed E-state index contributed by atoms with van der Waals surface area (Å²) in [5.41, 5.74) is 6.94. The van der Waals surface area contributed by atoms with Gasteiger partial charge in [0.15, 0.2) is 0 Å². The van der Waals surface area contributed by atoms with Crippen LogP contribution in [0.4, 0.5) is 0 Å². The van der Waals surface area contributed by atoms with Crippen LogP contribution < -0.4 is 5.73 Å². The second kappa shape index (κ2) is 6.05. The molecule has 0 radical (unpaired) electrons. The van der Waals surface area contributed by atoms with Crippen LogP contribution >= 0.6 is 27.7 Å². The first-order valence-electron chi connectivity index (χ1n) is 5.31. The summed E-state index contributed by atoms with van der Waals surface area (Å²) < 4.78 is 1.03. The van der Waals surface area contributed by atoms with Gasteiger partial charge in [-0.3, -0.25) is 0 Å². The van der Waals surface area contributed by atoms with Crippen LogP contribution in [-0.2, 0) is 0 Å². The summed E-state index contributed by atoms with van der Waals surface area (Å²) in [5.74, 6) is 0. The van der Waals surface area contributed by atoms with Gasteiger partial charge in [-0.1, -0.05) is 28.9 Å². The third kappa shape index (κ3) is 3.77. The van der Waals surface area contributed by atoms with Crippen LogP contribution in [0.25, 0.3) is 0 Å². The highest BCUT2D eigenvalue weighted by Crippen LogP contribution is 2.31. The minimum absolute atomic E-state index is 0.0302. The topological polar surface area (TPSA) is 46.2 Å². The lowest BCUT2D eigenvalue weighted by Crippen LogP contribution is -2.14. The second-order valence-electron chi connectivity index (χ2n) is 4.04. The van der Waals surface area contributed by atoms with Gasteiger partial charge < -0.3 is 10.8 Å². The van der Waals surface area contributed by atoms with E-state index in [-0.39, 0.29) is 17.4 Å². The number of thioether (sulfide) groups is 1. The maximum absolute atomic E-state index is 9.44. The normalized spacial score (nSPS) is 16.9. The Morgan fingerprint density at radius 1 is 1.31 bits per heavy atom. The zero-order chi connectivity index (χ0) is 12.3. The lowest BCUT2D eigenvalue weighted by molar-refractivity contribution is 0.196. The van der Waals surface area contributed by atoms with Crippen molar-refractivity contribution in [3.63, 3.8) is 0 Å². The van der Waals surface area contributed by atoms with E-state index in [1.807, 2.05) is 32.9 Å². The van der Waals surface area contributed by atoms with E-state index >= 15 is 0 Å². The van der Waals surface area contributed by atoms with E-state index in [4.69, 9.17) is 5.73 Å². The smallest absolute Gasteiger partial charge is 0.0631 e. The molecule has 3 N–H and O–H groups in total. The van der Waals surface area contributed by atoms with Crippen LogP contribution in [0.3, 0.4) is 0 Å². The van der Waals surface area contributed by atoms with Crippen LogP contribution in [0, 0.1) is 0 Å². The van der Waals surface area contributed by atoms with Gasteiger partial charge in [0, 0.05) is 20.7 Å². The third-order valence-corrected chi connectivity index (χ3v) is 4.44. The highest BCUT2D eigenvalue weighted by molar-refractivity contribution is 9.10. The molecular weight excluding hydrogens is 286 g/mol. The quantitative estimate of drug-likeness (QED) is 0.839. The summed E-state index contributed by atoms with van der Waals surface area (Å²) in [6.07, 6.45) is -0.308. The van der Waals surface area contributed by atoms with Crippen molar-refractivity contribution < 1.29 is 5.11 Å². The fourth-order valence-electron chi connectivity index (χ4n) is 1.26. The molecule has 2 nitrogen and oxygen atoms in total.